The van der Waals surface area contributed by atoms with E-state index in [2.05, 4.69) is 0 Å². The van der Waals surface area contributed by atoms with Crippen LogP contribution >= 0.6 is 0 Å². The Bertz CT molecular complexity index is 262. The van der Waals surface area contributed by atoms with Gasteiger partial charge in [0.25, 0.3) is 0 Å². The molecule has 0 aliphatic heterocycles. The van der Waals surface area contributed by atoms with Crippen molar-refractivity contribution in [2.75, 3.05) is 0 Å². The van der Waals surface area contributed by atoms with Gasteiger partial charge < -0.3 is 9.21 Å². The molecule has 1 unspecified atom stereocenters. The Morgan fingerprint density at radius 2 is 2.55 bits per heavy atom. The molecule has 0 aromatic carbocycles. The Balaban J connectivity index is 2.39. The normalized spacial score (nSPS) is 22.7. The molecule has 1 aromatic heterocycles. The summed E-state index contributed by atoms with van der Waals surface area (Å²) in [5.41, 5.74) is 1.10. The Morgan fingerprint density at radius 1 is 1.64 bits per heavy atom. The van der Waals surface area contributed by atoms with Crippen LogP contribution in [-0.4, -0.2) is 6.29 Å². The molecule has 1 aliphatic rings. The summed E-state index contributed by atoms with van der Waals surface area (Å²) in [5, 5.41) is 0. The van der Waals surface area contributed by atoms with E-state index in [0.29, 0.717) is 0 Å². The fourth-order valence-electron chi connectivity index (χ4n) is 1.66. The van der Waals surface area contributed by atoms with Crippen molar-refractivity contribution < 1.29 is 9.21 Å². The van der Waals surface area contributed by atoms with Crippen LogP contribution in [0.2, 0.25) is 0 Å². The van der Waals surface area contributed by atoms with Gasteiger partial charge in [0.1, 0.15) is 12.0 Å². The van der Waals surface area contributed by atoms with Crippen LogP contribution in [0.1, 0.15) is 30.1 Å². The highest BCUT2D eigenvalue weighted by Crippen LogP contribution is 2.30. The van der Waals surface area contributed by atoms with E-state index in [4.69, 9.17) is 4.42 Å². The number of hydrogen-bond acceptors (Lipinski definition) is 2. The first kappa shape index (κ1) is 6.65. The number of fused-ring (bicyclic) bond motifs is 1. The van der Waals surface area contributed by atoms with Gasteiger partial charge in [-0.25, -0.2) is 0 Å². The minimum Gasteiger partial charge on any atom is -0.469 e. The summed E-state index contributed by atoms with van der Waals surface area (Å²) in [6, 6.07) is 1.91. The van der Waals surface area contributed by atoms with E-state index in [0.717, 1.165) is 36.9 Å². The molecule has 0 amide bonds. The van der Waals surface area contributed by atoms with Gasteiger partial charge in [-0.1, -0.05) is 0 Å². The average molecular weight is 150 g/mol. The SMILES string of the molecule is O=CC1CCCc2occc21. The quantitative estimate of drug-likeness (QED) is 0.572. The lowest BCUT2D eigenvalue weighted by molar-refractivity contribution is -0.109. The van der Waals surface area contributed by atoms with Crippen molar-refractivity contribution >= 4 is 6.29 Å². The van der Waals surface area contributed by atoms with Crippen LogP contribution in [0.15, 0.2) is 16.7 Å². The van der Waals surface area contributed by atoms with E-state index in [1.807, 2.05) is 6.07 Å². The maximum absolute atomic E-state index is 10.6. The Kier molecular flexibility index (Phi) is 1.53. The second kappa shape index (κ2) is 2.53. The topological polar surface area (TPSA) is 30.2 Å². The van der Waals surface area contributed by atoms with Gasteiger partial charge in [0.05, 0.1) is 6.26 Å². The first-order chi connectivity index (χ1) is 5.42. The number of carbonyl (C=O) groups excluding carboxylic acids is 1. The highest BCUT2D eigenvalue weighted by molar-refractivity contribution is 5.63. The minimum absolute atomic E-state index is 0.0949. The lowest BCUT2D eigenvalue weighted by Crippen LogP contribution is -2.07. The third kappa shape index (κ3) is 0.985. The van der Waals surface area contributed by atoms with Crippen LogP contribution in [0.25, 0.3) is 0 Å². The van der Waals surface area contributed by atoms with Crippen molar-refractivity contribution in [2.24, 2.45) is 0 Å². The summed E-state index contributed by atoms with van der Waals surface area (Å²) in [4.78, 5) is 10.6. The van der Waals surface area contributed by atoms with Gasteiger partial charge >= 0.3 is 0 Å². The summed E-state index contributed by atoms with van der Waals surface area (Å²) >= 11 is 0. The molecule has 2 heteroatoms. The molecule has 0 radical (unpaired) electrons. The molecule has 0 saturated heterocycles. The van der Waals surface area contributed by atoms with Crippen molar-refractivity contribution in [3.8, 4) is 0 Å². The van der Waals surface area contributed by atoms with Gasteiger partial charge in [-0.15, -0.1) is 0 Å². The predicted molar refractivity (Wildman–Crippen MR) is 40.5 cm³/mol. The zero-order chi connectivity index (χ0) is 7.68. The molecule has 1 atom stereocenters. The van der Waals surface area contributed by atoms with Crippen LogP contribution in [0.3, 0.4) is 0 Å². The van der Waals surface area contributed by atoms with Crippen molar-refractivity contribution in [1.82, 2.24) is 0 Å². The molecule has 0 spiro atoms. The summed E-state index contributed by atoms with van der Waals surface area (Å²) in [7, 11) is 0. The van der Waals surface area contributed by atoms with Gasteiger partial charge in [-0.2, -0.15) is 0 Å². The molecule has 0 bridgehead atoms. The fourth-order valence-corrected chi connectivity index (χ4v) is 1.66. The molecular formula is C9H10O2. The van der Waals surface area contributed by atoms with Gasteiger partial charge in [-0.3, -0.25) is 0 Å². The van der Waals surface area contributed by atoms with E-state index >= 15 is 0 Å². The molecule has 2 nitrogen and oxygen atoms in total. The molecule has 0 fully saturated rings. The van der Waals surface area contributed by atoms with E-state index < -0.39 is 0 Å². The first-order valence-corrected chi connectivity index (χ1v) is 3.93. The lowest BCUT2D eigenvalue weighted by atomic mass is 9.89. The first-order valence-electron chi connectivity index (χ1n) is 3.93. The van der Waals surface area contributed by atoms with E-state index in [1.165, 1.54) is 0 Å². The van der Waals surface area contributed by atoms with Crippen LogP contribution in [0.5, 0.6) is 0 Å². The van der Waals surface area contributed by atoms with E-state index in [1.54, 1.807) is 6.26 Å². The molecule has 11 heavy (non-hydrogen) atoms. The second-order valence-corrected chi connectivity index (χ2v) is 2.93. The van der Waals surface area contributed by atoms with Crippen molar-refractivity contribution in [2.45, 2.75) is 25.2 Å². The molecule has 1 aromatic rings. The van der Waals surface area contributed by atoms with Crippen molar-refractivity contribution in [3.63, 3.8) is 0 Å². The Hall–Kier alpha value is -1.05. The number of rotatable bonds is 1. The summed E-state index contributed by atoms with van der Waals surface area (Å²) in [6.45, 7) is 0. The highest BCUT2D eigenvalue weighted by atomic mass is 16.3. The molecule has 1 heterocycles. The fraction of sp³-hybridized carbons (Fsp3) is 0.444. The zero-order valence-electron chi connectivity index (χ0n) is 6.25. The number of carbonyl (C=O) groups is 1. The van der Waals surface area contributed by atoms with E-state index in [9.17, 15) is 4.79 Å². The van der Waals surface area contributed by atoms with Gasteiger partial charge in [0.2, 0.25) is 0 Å². The van der Waals surface area contributed by atoms with Crippen LogP contribution < -0.4 is 0 Å². The maximum Gasteiger partial charge on any atom is 0.127 e. The van der Waals surface area contributed by atoms with Crippen LogP contribution in [0.4, 0.5) is 0 Å². The van der Waals surface area contributed by atoms with Gasteiger partial charge in [0.15, 0.2) is 0 Å². The van der Waals surface area contributed by atoms with Crippen LogP contribution in [0, 0.1) is 0 Å². The molecule has 1 aliphatic carbocycles. The molecule has 0 N–H and O–H groups in total. The van der Waals surface area contributed by atoms with Crippen LogP contribution in [-0.2, 0) is 11.2 Å². The molecule has 2 rings (SSSR count). The number of furan rings is 1. The standard InChI is InChI=1S/C9H10O2/c10-6-7-2-1-3-9-8(7)4-5-11-9/h4-7H,1-3H2. The summed E-state index contributed by atoms with van der Waals surface area (Å²) < 4.78 is 5.23. The van der Waals surface area contributed by atoms with Gasteiger partial charge in [-0.05, 0) is 18.9 Å². The summed E-state index contributed by atoms with van der Waals surface area (Å²) in [6.07, 6.45) is 5.74. The Morgan fingerprint density at radius 3 is 3.36 bits per heavy atom. The maximum atomic E-state index is 10.6. The number of aryl methyl sites for hydroxylation is 1. The third-order valence-corrected chi connectivity index (χ3v) is 2.26. The summed E-state index contributed by atoms with van der Waals surface area (Å²) in [5.74, 6) is 1.10. The highest BCUT2D eigenvalue weighted by Gasteiger charge is 2.21. The smallest absolute Gasteiger partial charge is 0.127 e. The number of hydrogen-bond donors (Lipinski definition) is 0. The predicted octanol–water partition coefficient (Wildman–Crippen LogP) is 1.90. The molecule has 0 saturated carbocycles. The second-order valence-electron chi connectivity index (χ2n) is 2.93. The largest absolute Gasteiger partial charge is 0.469 e. The van der Waals surface area contributed by atoms with E-state index in [-0.39, 0.29) is 5.92 Å². The van der Waals surface area contributed by atoms with Crippen molar-refractivity contribution in [1.29, 1.82) is 0 Å². The van der Waals surface area contributed by atoms with Crippen molar-refractivity contribution in [3.05, 3.63) is 23.7 Å². The Labute approximate surface area is 65.2 Å². The minimum atomic E-state index is 0.0949. The monoisotopic (exact) mass is 150 g/mol. The average Bonchev–Trinajstić information content (AvgIpc) is 2.50. The molecular weight excluding hydrogens is 140 g/mol. The van der Waals surface area contributed by atoms with Gasteiger partial charge in [0, 0.05) is 17.9 Å². The number of aldehydes is 1. The molecule has 58 valence electrons. The third-order valence-electron chi connectivity index (χ3n) is 2.26. The zero-order valence-corrected chi connectivity index (χ0v) is 6.25. The lowest BCUT2D eigenvalue weighted by Gasteiger charge is -2.15.